The second-order valence-corrected chi connectivity index (χ2v) is 7.80. The molecule has 6 aromatic rings. The fourth-order valence-electron chi connectivity index (χ4n) is 3.91. The first-order valence-corrected chi connectivity index (χ1v) is 10.7. The normalized spacial score (nSPS) is 11.0. The molecule has 0 radical (unpaired) electrons. The van der Waals surface area contributed by atoms with E-state index in [4.69, 9.17) is 15.0 Å². The smallest absolute Gasteiger partial charge is 0.231 e. The van der Waals surface area contributed by atoms with Gasteiger partial charge in [-0.15, -0.1) is 0 Å². The first-order valence-electron chi connectivity index (χ1n) is 10.7. The summed E-state index contributed by atoms with van der Waals surface area (Å²) in [4.78, 5) is 18.5. The minimum absolute atomic E-state index is 0.476. The van der Waals surface area contributed by atoms with E-state index in [1.165, 1.54) is 10.8 Å². The maximum absolute atomic E-state index is 4.85. The molecular formula is C28H19N5. The zero-order valence-electron chi connectivity index (χ0n) is 17.7. The Morgan fingerprint density at radius 1 is 0.515 bits per heavy atom. The van der Waals surface area contributed by atoms with E-state index in [0.717, 1.165) is 27.6 Å². The van der Waals surface area contributed by atoms with Crippen molar-refractivity contribution < 1.29 is 0 Å². The average molecular weight is 425 g/mol. The second-order valence-electron chi connectivity index (χ2n) is 7.80. The Labute approximate surface area is 190 Å². The molecule has 5 nitrogen and oxygen atoms in total. The van der Waals surface area contributed by atoms with Gasteiger partial charge >= 0.3 is 0 Å². The average Bonchev–Trinajstić information content (AvgIpc) is 2.88. The number of pyridine rings is 1. The molecule has 0 aliphatic rings. The molecule has 0 saturated heterocycles. The van der Waals surface area contributed by atoms with E-state index in [2.05, 4.69) is 71.0 Å². The first-order chi connectivity index (χ1) is 16.3. The number of rotatable bonds is 4. The summed E-state index contributed by atoms with van der Waals surface area (Å²) in [5.41, 5.74) is 2.69. The number of aromatic nitrogens is 4. The molecule has 0 unspecified atom stereocenters. The van der Waals surface area contributed by atoms with Crippen LogP contribution in [-0.2, 0) is 0 Å². The van der Waals surface area contributed by atoms with Gasteiger partial charge in [0.25, 0.3) is 0 Å². The van der Waals surface area contributed by atoms with Crippen LogP contribution in [0.4, 0.5) is 11.6 Å². The molecule has 2 heterocycles. The summed E-state index contributed by atoms with van der Waals surface area (Å²) in [6, 6.07) is 32.9. The fraction of sp³-hybridized carbons (Fsp3) is 0. The van der Waals surface area contributed by atoms with Gasteiger partial charge in [0.15, 0.2) is 11.6 Å². The molecule has 156 valence electrons. The molecular weight excluding hydrogens is 406 g/mol. The Kier molecular flexibility index (Phi) is 4.70. The van der Waals surface area contributed by atoms with Crippen LogP contribution in [0.1, 0.15) is 0 Å². The molecule has 0 atom stereocenters. The maximum Gasteiger partial charge on any atom is 0.231 e. The van der Waals surface area contributed by atoms with Crippen LogP contribution < -0.4 is 5.32 Å². The highest BCUT2D eigenvalue weighted by atomic mass is 15.2. The largest absolute Gasteiger partial charge is 0.323 e. The molecule has 0 aliphatic carbocycles. The third kappa shape index (κ3) is 3.88. The second kappa shape index (κ2) is 8.13. The van der Waals surface area contributed by atoms with Gasteiger partial charge in [0.1, 0.15) is 0 Å². The van der Waals surface area contributed by atoms with Crippen LogP contribution in [0.25, 0.3) is 44.3 Å². The lowest BCUT2D eigenvalue weighted by molar-refractivity contribution is 1.07. The monoisotopic (exact) mass is 425 g/mol. The van der Waals surface area contributed by atoms with Crippen molar-refractivity contribution in [2.45, 2.75) is 0 Å². The van der Waals surface area contributed by atoms with Gasteiger partial charge in [0, 0.05) is 17.3 Å². The van der Waals surface area contributed by atoms with Crippen molar-refractivity contribution in [1.29, 1.82) is 0 Å². The van der Waals surface area contributed by atoms with Crippen LogP contribution in [-0.4, -0.2) is 19.9 Å². The minimum atomic E-state index is 0.476. The van der Waals surface area contributed by atoms with E-state index in [0.29, 0.717) is 17.6 Å². The predicted octanol–water partition coefficient (Wildman–Crippen LogP) is 6.65. The topological polar surface area (TPSA) is 63.6 Å². The number of benzene rings is 4. The first kappa shape index (κ1) is 19.1. The third-order valence-corrected chi connectivity index (χ3v) is 5.57. The van der Waals surface area contributed by atoms with Crippen molar-refractivity contribution in [3.05, 3.63) is 109 Å². The van der Waals surface area contributed by atoms with Gasteiger partial charge in [0.2, 0.25) is 5.95 Å². The van der Waals surface area contributed by atoms with Crippen LogP contribution in [0, 0.1) is 0 Å². The molecule has 0 fully saturated rings. The molecule has 0 aliphatic heterocycles. The van der Waals surface area contributed by atoms with Gasteiger partial charge in [-0.3, -0.25) is 4.98 Å². The van der Waals surface area contributed by atoms with E-state index in [1.807, 2.05) is 36.4 Å². The number of fused-ring (bicyclic) bond motifs is 2. The van der Waals surface area contributed by atoms with Crippen molar-refractivity contribution in [3.8, 4) is 22.8 Å². The van der Waals surface area contributed by atoms with Gasteiger partial charge < -0.3 is 5.32 Å². The highest BCUT2D eigenvalue weighted by molar-refractivity contribution is 5.88. The summed E-state index contributed by atoms with van der Waals surface area (Å²) in [7, 11) is 0. The van der Waals surface area contributed by atoms with E-state index in [-0.39, 0.29) is 0 Å². The number of nitrogens with one attached hydrogen (secondary N) is 1. The van der Waals surface area contributed by atoms with E-state index < -0.39 is 0 Å². The van der Waals surface area contributed by atoms with Crippen molar-refractivity contribution in [3.63, 3.8) is 0 Å². The number of hydrogen-bond donors (Lipinski definition) is 1. The summed E-state index contributed by atoms with van der Waals surface area (Å²) in [5.74, 6) is 1.71. The van der Waals surface area contributed by atoms with Crippen molar-refractivity contribution in [2.75, 3.05) is 5.32 Å². The Hall–Kier alpha value is -4.64. The molecule has 4 aromatic carbocycles. The fourth-order valence-corrected chi connectivity index (χ4v) is 3.91. The summed E-state index contributed by atoms with van der Waals surface area (Å²) in [6.07, 6.45) is 3.48. The van der Waals surface area contributed by atoms with Crippen LogP contribution >= 0.6 is 0 Å². The molecule has 0 bridgehead atoms. The lowest BCUT2D eigenvalue weighted by Crippen LogP contribution is -2.03. The molecule has 5 heteroatoms. The molecule has 6 rings (SSSR count). The number of hydrogen-bond acceptors (Lipinski definition) is 5. The van der Waals surface area contributed by atoms with Crippen LogP contribution in [0.2, 0.25) is 0 Å². The van der Waals surface area contributed by atoms with Crippen LogP contribution in [0.15, 0.2) is 109 Å². The zero-order valence-corrected chi connectivity index (χ0v) is 17.7. The SMILES string of the molecule is c1cncc(Nc2nc(-c3ccc4ccccc4c3)nc(-c3ccc4ccccc4c3)n2)c1. The van der Waals surface area contributed by atoms with Gasteiger partial charge in [-0.05, 0) is 45.8 Å². The Bertz CT molecular complexity index is 1500. The van der Waals surface area contributed by atoms with Crippen LogP contribution in [0.5, 0.6) is 0 Å². The third-order valence-electron chi connectivity index (χ3n) is 5.57. The van der Waals surface area contributed by atoms with Gasteiger partial charge in [-0.2, -0.15) is 9.97 Å². The quantitative estimate of drug-likeness (QED) is 0.342. The zero-order chi connectivity index (χ0) is 22.0. The number of nitrogens with zero attached hydrogens (tertiary/aromatic N) is 4. The molecule has 0 saturated carbocycles. The molecule has 33 heavy (non-hydrogen) atoms. The molecule has 0 amide bonds. The van der Waals surface area contributed by atoms with Crippen LogP contribution in [0.3, 0.4) is 0 Å². The van der Waals surface area contributed by atoms with Gasteiger partial charge in [-0.1, -0.05) is 72.8 Å². The van der Waals surface area contributed by atoms with Gasteiger partial charge in [0.05, 0.1) is 11.9 Å². The minimum Gasteiger partial charge on any atom is -0.323 e. The molecule has 1 N–H and O–H groups in total. The summed E-state index contributed by atoms with van der Waals surface area (Å²) in [6.45, 7) is 0. The summed E-state index contributed by atoms with van der Waals surface area (Å²) >= 11 is 0. The highest BCUT2D eigenvalue weighted by Crippen LogP contribution is 2.27. The van der Waals surface area contributed by atoms with Gasteiger partial charge in [-0.25, -0.2) is 4.98 Å². The maximum atomic E-state index is 4.85. The summed E-state index contributed by atoms with van der Waals surface area (Å²) < 4.78 is 0. The lowest BCUT2D eigenvalue weighted by Gasteiger charge is -2.10. The van der Waals surface area contributed by atoms with Crippen molar-refractivity contribution in [2.24, 2.45) is 0 Å². The van der Waals surface area contributed by atoms with Crippen molar-refractivity contribution in [1.82, 2.24) is 19.9 Å². The van der Waals surface area contributed by atoms with E-state index >= 15 is 0 Å². The highest BCUT2D eigenvalue weighted by Gasteiger charge is 2.12. The standard InChI is InChI=1S/C28H19N5/c1-3-8-21-16-23(13-11-19(21)6-1)26-31-27(24-14-12-20-7-2-4-9-22(20)17-24)33-28(32-26)30-25-10-5-15-29-18-25/h1-18H,(H,30,31,32,33). The van der Waals surface area contributed by atoms with E-state index in [1.54, 1.807) is 12.4 Å². The summed E-state index contributed by atoms with van der Waals surface area (Å²) in [5, 5.41) is 7.92. The van der Waals surface area contributed by atoms with Crippen molar-refractivity contribution >= 4 is 33.2 Å². The lowest BCUT2D eigenvalue weighted by atomic mass is 10.1. The Morgan fingerprint density at radius 2 is 1.09 bits per heavy atom. The molecule has 0 spiro atoms. The Balaban J connectivity index is 1.50. The Morgan fingerprint density at radius 3 is 1.64 bits per heavy atom. The number of anilines is 2. The van der Waals surface area contributed by atoms with E-state index in [9.17, 15) is 0 Å². The predicted molar refractivity (Wildman–Crippen MR) is 133 cm³/mol. The molecule has 2 aromatic heterocycles.